The molecule has 204 valence electrons. The van der Waals surface area contributed by atoms with Gasteiger partial charge in [0.25, 0.3) is 0 Å². The Morgan fingerprint density at radius 1 is 0.732 bits per heavy atom. The Morgan fingerprint density at radius 3 is 2.12 bits per heavy atom. The monoisotopic (exact) mass is 533 g/mol. The summed E-state index contributed by atoms with van der Waals surface area (Å²) in [6.07, 6.45) is 23.3. The Hall–Kier alpha value is -4.36. The summed E-state index contributed by atoms with van der Waals surface area (Å²) in [7, 11) is 0. The van der Waals surface area contributed by atoms with Crippen LogP contribution in [-0.2, 0) is 0 Å². The van der Waals surface area contributed by atoms with Crippen LogP contribution >= 0.6 is 0 Å². The van der Waals surface area contributed by atoms with E-state index in [0.29, 0.717) is 17.8 Å². The fourth-order valence-corrected chi connectivity index (χ4v) is 6.33. The van der Waals surface area contributed by atoms with Crippen molar-refractivity contribution in [1.82, 2.24) is 0 Å². The zero-order valence-corrected chi connectivity index (χ0v) is 24.2. The number of hydrogen-bond donors (Lipinski definition) is 0. The van der Waals surface area contributed by atoms with Crippen LogP contribution in [0.4, 0.5) is 5.69 Å². The Labute approximate surface area is 245 Å². The van der Waals surface area contributed by atoms with Gasteiger partial charge in [0, 0.05) is 17.3 Å². The molecule has 0 bridgehead atoms. The number of para-hydroxylation sites is 1. The van der Waals surface area contributed by atoms with Crippen LogP contribution in [0.2, 0.25) is 0 Å². The number of allylic oxidation sites excluding steroid dienone is 10. The van der Waals surface area contributed by atoms with E-state index in [1.165, 1.54) is 39.2 Å². The zero-order chi connectivity index (χ0) is 28.2. The van der Waals surface area contributed by atoms with Crippen LogP contribution in [-0.4, -0.2) is 6.04 Å². The maximum Gasteiger partial charge on any atom is 0.0585 e. The topological polar surface area (TPSA) is 3.24 Å². The van der Waals surface area contributed by atoms with Gasteiger partial charge < -0.3 is 4.90 Å². The molecule has 0 aromatic heterocycles. The average Bonchev–Trinajstić information content (AvgIpc) is 3.03. The standard InChI is InChI=1S/C40H39N/c1-29-27-35(31(3)32-13-7-4-8-14-32)23-25-39(29)34-21-19-33(20-22-34)36-24-26-40(30(2)28-36)41(37-15-9-5-10-16-37)38-17-11-6-12-18-38/h4-5,7-11,13-30,39-40H,3,6,12H2,1-2H3. The second-order valence-corrected chi connectivity index (χ2v) is 11.5. The number of hydrogen-bond acceptors (Lipinski definition) is 1. The molecule has 0 N–H and O–H groups in total. The number of nitrogens with zero attached hydrogens (tertiary/aromatic N) is 1. The van der Waals surface area contributed by atoms with Crippen LogP contribution in [0, 0.1) is 11.8 Å². The minimum absolute atomic E-state index is 0.272. The van der Waals surface area contributed by atoms with E-state index in [9.17, 15) is 0 Å². The molecule has 4 atom stereocenters. The van der Waals surface area contributed by atoms with E-state index in [0.717, 1.165) is 18.4 Å². The lowest BCUT2D eigenvalue weighted by Gasteiger charge is -2.38. The molecule has 0 fully saturated rings. The molecular weight excluding hydrogens is 494 g/mol. The van der Waals surface area contributed by atoms with Gasteiger partial charge in [-0.1, -0.05) is 142 Å². The Kier molecular flexibility index (Phi) is 7.87. The number of benzene rings is 3. The van der Waals surface area contributed by atoms with Crippen molar-refractivity contribution in [3.05, 3.63) is 174 Å². The summed E-state index contributed by atoms with van der Waals surface area (Å²) in [6, 6.07) is 30.7. The highest BCUT2D eigenvalue weighted by Crippen LogP contribution is 2.37. The fourth-order valence-electron chi connectivity index (χ4n) is 6.33. The highest BCUT2D eigenvalue weighted by atomic mass is 15.2. The quantitative estimate of drug-likeness (QED) is 0.292. The molecule has 0 spiro atoms. The summed E-state index contributed by atoms with van der Waals surface area (Å²) in [5.74, 6) is 1.14. The molecule has 3 aromatic carbocycles. The lowest BCUT2D eigenvalue weighted by atomic mass is 9.80. The van der Waals surface area contributed by atoms with Gasteiger partial charge in [0.15, 0.2) is 0 Å². The second-order valence-electron chi connectivity index (χ2n) is 11.5. The first-order chi connectivity index (χ1) is 20.1. The van der Waals surface area contributed by atoms with Crippen molar-refractivity contribution < 1.29 is 0 Å². The third-order valence-electron chi connectivity index (χ3n) is 8.63. The van der Waals surface area contributed by atoms with Crippen molar-refractivity contribution in [2.24, 2.45) is 11.8 Å². The van der Waals surface area contributed by atoms with Gasteiger partial charge in [-0.2, -0.15) is 0 Å². The predicted octanol–water partition coefficient (Wildman–Crippen LogP) is 10.3. The normalized spacial score (nSPS) is 23.4. The molecule has 3 aromatic rings. The summed E-state index contributed by atoms with van der Waals surface area (Å²) in [5.41, 5.74) is 9.97. The maximum absolute atomic E-state index is 4.37. The molecule has 3 aliphatic carbocycles. The molecule has 0 aliphatic heterocycles. The van der Waals surface area contributed by atoms with Crippen molar-refractivity contribution in [3.8, 4) is 0 Å². The average molecular weight is 534 g/mol. The van der Waals surface area contributed by atoms with E-state index >= 15 is 0 Å². The van der Waals surface area contributed by atoms with Crippen molar-refractivity contribution in [1.29, 1.82) is 0 Å². The molecule has 41 heavy (non-hydrogen) atoms. The van der Waals surface area contributed by atoms with Crippen LogP contribution < -0.4 is 4.90 Å². The van der Waals surface area contributed by atoms with Gasteiger partial charge in [0.1, 0.15) is 0 Å². The van der Waals surface area contributed by atoms with Crippen LogP contribution in [0.3, 0.4) is 0 Å². The smallest absolute Gasteiger partial charge is 0.0585 e. The lowest BCUT2D eigenvalue weighted by molar-refractivity contribution is 0.598. The molecule has 0 heterocycles. The van der Waals surface area contributed by atoms with Crippen molar-refractivity contribution in [3.63, 3.8) is 0 Å². The molecule has 0 saturated carbocycles. The lowest BCUT2D eigenvalue weighted by Crippen LogP contribution is -2.38. The van der Waals surface area contributed by atoms with E-state index in [4.69, 9.17) is 0 Å². The fraction of sp³-hybridized carbons (Fsp3) is 0.200. The van der Waals surface area contributed by atoms with Gasteiger partial charge in [0.2, 0.25) is 0 Å². The van der Waals surface area contributed by atoms with E-state index in [1.807, 2.05) is 0 Å². The predicted molar refractivity (Wildman–Crippen MR) is 176 cm³/mol. The Morgan fingerprint density at radius 2 is 1.46 bits per heavy atom. The number of rotatable bonds is 7. The molecule has 0 amide bonds. The third kappa shape index (κ3) is 5.77. The van der Waals surface area contributed by atoms with Crippen LogP contribution in [0.1, 0.15) is 49.3 Å². The van der Waals surface area contributed by atoms with E-state index in [-0.39, 0.29) is 6.04 Å². The Bertz CT molecular complexity index is 1560. The minimum Gasteiger partial charge on any atom is -0.334 e. The largest absolute Gasteiger partial charge is 0.334 e. The highest BCUT2D eigenvalue weighted by molar-refractivity contribution is 5.81. The third-order valence-corrected chi connectivity index (χ3v) is 8.63. The summed E-state index contributed by atoms with van der Waals surface area (Å²) in [6.45, 7) is 9.02. The SMILES string of the molecule is C=C(C1=CC(C)C(c2ccc(C3=CC(C)C(N(C4=CCCC=C4)c4ccccc4)C=C3)cc2)C=C1)c1ccccc1. The molecule has 4 unspecified atom stereocenters. The van der Waals surface area contributed by atoms with Gasteiger partial charge in [-0.05, 0) is 76.3 Å². The summed E-state index contributed by atoms with van der Waals surface area (Å²) < 4.78 is 0. The summed E-state index contributed by atoms with van der Waals surface area (Å²) in [5, 5.41) is 0. The summed E-state index contributed by atoms with van der Waals surface area (Å²) in [4.78, 5) is 2.50. The van der Waals surface area contributed by atoms with Crippen molar-refractivity contribution in [2.75, 3.05) is 4.90 Å². The van der Waals surface area contributed by atoms with Gasteiger partial charge in [-0.3, -0.25) is 0 Å². The first-order valence-electron chi connectivity index (χ1n) is 14.9. The first-order valence-corrected chi connectivity index (χ1v) is 14.9. The molecule has 0 saturated heterocycles. The van der Waals surface area contributed by atoms with E-state index in [2.05, 4.69) is 165 Å². The highest BCUT2D eigenvalue weighted by Gasteiger charge is 2.27. The molecule has 0 radical (unpaired) electrons. The maximum atomic E-state index is 4.37. The van der Waals surface area contributed by atoms with Crippen molar-refractivity contribution >= 4 is 16.8 Å². The van der Waals surface area contributed by atoms with Crippen LogP contribution in [0.5, 0.6) is 0 Å². The Balaban J connectivity index is 1.17. The van der Waals surface area contributed by atoms with Crippen molar-refractivity contribution in [2.45, 2.75) is 38.6 Å². The molecule has 3 aliphatic rings. The summed E-state index contributed by atoms with van der Waals surface area (Å²) >= 11 is 0. The van der Waals surface area contributed by atoms with Gasteiger partial charge in [-0.25, -0.2) is 0 Å². The van der Waals surface area contributed by atoms with Gasteiger partial charge >= 0.3 is 0 Å². The van der Waals surface area contributed by atoms with Gasteiger partial charge in [-0.15, -0.1) is 0 Å². The number of anilines is 1. The molecular formula is C40H39N. The van der Waals surface area contributed by atoms with Crippen LogP contribution in [0.15, 0.2) is 157 Å². The second kappa shape index (κ2) is 12.0. The van der Waals surface area contributed by atoms with Crippen LogP contribution in [0.25, 0.3) is 11.1 Å². The minimum atomic E-state index is 0.272. The van der Waals surface area contributed by atoms with E-state index < -0.39 is 0 Å². The molecule has 6 rings (SSSR count). The zero-order valence-electron chi connectivity index (χ0n) is 24.2. The van der Waals surface area contributed by atoms with E-state index in [1.54, 1.807) is 0 Å². The molecule has 1 heteroatoms. The van der Waals surface area contributed by atoms with Gasteiger partial charge in [0.05, 0.1) is 6.04 Å². The first kappa shape index (κ1) is 26.8. The molecule has 1 nitrogen and oxygen atoms in total.